The summed E-state index contributed by atoms with van der Waals surface area (Å²) in [7, 11) is 0. The predicted molar refractivity (Wildman–Crippen MR) is 75.4 cm³/mol. The Balaban J connectivity index is 2.05. The van der Waals surface area contributed by atoms with Gasteiger partial charge in [0, 0.05) is 10.1 Å². The molecular weight excluding hydrogens is 244 g/mol. The molecule has 0 saturated heterocycles. The van der Waals surface area contributed by atoms with Crippen LogP contribution in [0.5, 0.6) is 0 Å². The first-order valence-corrected chi connectivity index (χ1v) is 7.45. The second-order valence-corrected chi connectivity index (χ2v) is 6.67. The van der Waals surface area contributed by atoms with E-state index >= 15 is 0 Å². The van der Waals surface area contributed by atoms with Gasteiger partial charge in [0.15, 0.2) is 0 Å². The highest BCUT2D eigenvalue weighted by Gasteiger charge is 2.20. The van der Waals surface area contributed by atoms with Crippen molar-refractivity contribution in [2.75, 3.05) is 0 Å². The SMILES string of the molecule is Cc1cc(SC2CCCC(C)C2)ccc1C(=O)O. The number of aromatic carboxylic acids is 1. The Hall–Kier alpha value is -0.960. The van der Waals surface area contributed by atoms with Crippen LogP contribution in [0.1, 0.15) is 48.5 Å². The van der Waals surface area contributed by atoms with E-state index in [2.05, 4.69) is 6.92 Å². The van der Waals surface area contributed by atoms with Gasteiger partial charge in [0.05, 0.1) is 5.56 Å². The van der Waals surface area contributed by atoms with Gasteiger partial charge in [-0.2, -0.15) is 0 Å². The van der Waals surface area contributed by atoms with E-state index in [0.717, 1.165) is 11.5 Å². The molecule has 1 aliphatic carbocycles. The summed E-state index contributed by atoms with van der Waals surface area (Å²) in [5, 5.41) is 9.70. The number of thioether (sulfide) groups is 1. The summed E-state index contributed by atoms with van der Waals surface area (Å²) in [6, 6.07) is 5.68. The summed E-state index contributed by atoms with van der Waals surface area (Å²) in [6.07, 6.45) is 5.25. The van der Waals surface area contributed by atoms with Crippen LogP contribution in [0.25, 0.3) is 0 Å². The molecule has 2 atom stereocenters. The van der Waals surface area contributed by atoms with Crippen LogP contribution in [-0.4, -0.2) is 16.3 Å². The Labute approximate surface area is 113 Å². The second-order valence-electron chi connectivity index (χ2n) is 5.29. The minimum absolute atomic E-state index is 0.413. The van der Waals surface area contributed by atoms with Crippen molar-refractivity contribution in [2.24, 2.45) is 5.92 Å². The van der Waals surface area contributed by atoms with E-state index in [9.17, 15) is 4.79 Å². The van der Waals surface area contributed by atoms with Crippen molar-refractivity contribution < 1.29 is 9.90 Å². The number of hydrogen-bond donors (Lipinski definition) is 1. The average Bonchev–Trinajstić information content (AvgIpc) is 2.28. The largest absolute Gasteiger partial charge is 0.478 e. The summed E-state index contributed by atoms with van der Waals surface area (Å²) >= 11 is 1.91. The van der Waals surface area contributed by atoms with Gasteiger partial charge in [-0.1, -0.05) is 19.8 Å². The third-order valence-corrected chi connectivity index (χ3v) is 4.91. The molecule has 1 aromatic rings. The maximum Gasteiger partial charge on any atom is 0.335 e. The van der Waals surface area contributed by atoms with Crippen molar-refractivity contribution in [3.8, 4) is 0 Å². The normalized spacial score (nSPS) is 23.9. The molecule has 3 heteroatoms. The molecule has 1 aliphatic rings. The molecule has 0 aliphatic heterocycles. The number of carboxylic acid groups (broad SMARTS) is 1. The van der Waals surface area contributed by atoms with Crippen molar-refractivity contribution in [2.45, 2.75) is 49.7 Å². The quantitative estimate of drug-likeness (QED) is 0.881. The molecule has 1 aromatic carbocycles. The zero-order valence-electron chi connectivity index (χ0n) is 11.0. The molecular formula is C15H20O2S. The molecule has 0 amide bonds. The zero-order chi connectivity index (χ0) is 13.1. The van der Waals surface area contributed by atoms with Crippen LogP contribution in [0, 0.1) is 12.8 Å². The Bertz CT molecular complexity index is 442. The summed E-state index contributed by atoms with van der Waals surface area (Å²) in [6.45, 7) is 4.20. The van der Waals surface area contributed by atoms with Crippen LogP contribution < -0.4 is 0 Å². The minimum Gasteiger partial charge on any atom is -0.478 e. The Morgan fingerprint density at radius 1 is 1.39 bits per heavy atom. The van der Waals surface area contributed by atoms with Crippen molar-refractivity contribution in [3.05, 3.63) is 29.3 Å². The number of carbonyl (C=O) groups is 1. The topological polar surface area (TPSA) is 37.3 Å². The Kier molecular flexibility index (Phi) is 4.33. The van der Waals surface area contributed by atoms with Crippen LogP contribution in [0.15, 0.2) is 23.1 Å². The average molecular weight is 264 g/mol. The number of hydrogen-bond acceptors (Lipinski definition) is 2. The van der Waals surface area contributed by atoms with Crippen LogP contribution in [-0.2, 0) is 0 Å². The minimum atomic E-state index is -0.838. The fraction of sp³-hybridized carbons (Fsp3) is 0.533. The highest BCUT2D eigenvalue weighted by atomic mass is 32.2. The van der Waals surface area contributed by atoms with Gasteiger partial charge in [-0.05, 0) is 49.4 Å². The first-order chi connectivity index (χ1) is 8.56. The van der Waals surface area contributed by atoms with Crippen molar-refractivity contribution >= 4 is 17.7 Å². The predicted octanol–water partition coefficient (Wildman–Crippen LogP) is 4.36. The molecule has 1 saturated carbocycles. The fourth-order valence-corrected chi connectivity index (χ4v) is 4.11. The molecule has 2 unspecified atom stereocenters. The third-order valence-electron chi connectivity index (χ3n) is 3.62. The van der Waals surface area contributed by atoms with Crippen molar-refractivity contribution in [1.82, 2.24) is 0 Å². The maximum absolute atomic E-state index is 11.0. The van der Waals surface area contributed by atoms with Gasteiger partial charge in [-0.15, -0.1) is 11.8 Å². The van der Waals surface area contributed by atoms with Gasteiger partial charge in [0.1, 0.15) is 0 Å². The van der Waals surface area contributed by atoms with Crippen LogP contribution in [0.3, 0.4) is 0 Å². The molecule has 1 fully saturated rings. The lowest BCUT2D eigenvalue weighted by Crippen LogP contribution is -2.14. The lowest BCUT2D eigenvalue weighted by atomic mass is 9.91. The van der Waals surface area contributed by atoms with Gasteiger partial charge in [0.25, 0.3) is 0 Å². The molecule has 0 spiro atoms. The van der Waals surface area contributed by atoms with E-state index in [1.807, 2.05) is 30.8 Å². The van der Waals surface area contributed by atoms with E-state index < -0.39 is 5.97 Å². The van der Waals surface area contributed by atoms with Crippen LogP contribution in [0.2, 0.25) is 0 Å². The van der Waals surface area contributed by atoms with E-state index in [0.29, 0.717) is 10.8 Å². The van der Waals surface area contributed by atoms with Crippen LogP contribution in [0.4, 0.5) is 0 Å². The Morgan fingerprint density at radius 2 is 2.17 bits per heavy atom. The molecule has 2 rings (SSSR count). The Morgan fingerprint density at radius 3 is 2.78 bits per heavy atom. The number of carboxylic acids is 1. The van der Waals surface area contributed by atoms with Gasteiger partial charge < -0.3 is 5.11 Å². The maximum atomic E-state index is 11.0. The lowest BCUT2D eigenvalue weighted by molar-refractivity contribution is 0.0696. The molecule has 0 bridgehead atoms. The standard InChI is InChI=1S/C15H20O2S/c1-10-4-3-5-12(8-10)18-13-6-7-14(15(16)17)11(2)9-13/h6-7,9-10,12H,3-5,8H2,1-2H3,(H,16,17). The van der Waals surface area contributed by atoms with Crippen molar-refractivity contribution in [1.29, 1.82) is 0 Å². The molecule has 1 N–H and O–H groups in total. The van der Waals surface area contributed by atoms with Gasteiger partial charge in [0.2, 0.25) is 0 Å². The highest BCUT2D eigenvalue weighted by molar-refractivity contribution is 8.00. The molecule has 0 radical (unpaired) electrons. The van der Waals surface area contributed by atoms with E-state index in [4.69, 9.17) is 5.11 Å². The molecule has 98 valence electrons. The monoisotopic (exact) mass is 264 g/mol. The van der Waals surface area contributed by atoms with Crippen molar-refractivity contribution in [3.63, 3.8) is 0 Å². The molecule has 18 heavy (non-hydrogen) atoms. The number of rotatable bonds is 3. The third kappa shape index (κ3) is 3.29. The second kappa shape index (κ2) is 5.79. The number of aryl methyl sites for hydroxylation is 1. The first-order valence-electron chi connectivity index (χ1n) is 6.57. The number of benzene rings is 1. The summed E-state index contributed by atoms with van der Waals surface area (Å²) in [5.41, 5.74) is 1.27. The van der Waals surface area contributed by atoms with E-state index in [1.165, 1.54) is 30.6 Å². The molecule has 2 nitrogen and oxygen atoms in total. The molecule has 0 heterocycles. The summed E-state index contributed by atoms with van der Waals surface area (Å²) in [4.78, 5) is 12.2. The summed E-state index contributed by atoms with van der Waals surface area (Å²) < 4.78 is 0. The first kappa shape index (κ1) is 13.5. The van der Waals surface area contributed by atoms with Gasteiger partial charge in [-0.25, -0.2) is 4.79 Å². The van der Waals surface area contributed by atoms with E-state index in [-0.39, 0.29) is 0 Å². The van der Waals surface area contributed by atoms with Gasteiger partial charge >= 0.3 is 5.97 Å². The fourth-order valence-electron chi connectivity index (χ4n) is 2.63. The lowest BCUT2D eigenvalue weighted by Gasteiger charge is -2.26. The van der Waals surface area contributed by atoms with E-state index in [1.54, 1.807) is 6.07 Å². The smallest absolute Gasteiger partial charge is 0.335 e. The zero-order valence-corrected chi connectivity index (χ0v) is 11.8. The molecule has 0 aromatic heterocycles. The van der Waals surface area contributed by atoms with Gasteiger partial charge in [-0.3, -0.25) is 0 Å². The van der Waals surface area contributed by atoms with Crippen LogP contribution >= 0.6 is 11.8 Å². The summed E-state index contributed by atoms with van der Waals surface area (Å²) in [5.74, 6) is -0.00835. The highest BCUT2D eigenvalue weighted by Crippen LogP contribution is 2.36.